The SMILES string of the molecule is CCc1cnc(C(C)Nc2nccc(Oc3ccc(F)cc3)n2)s1. The molecule has 0 saturated heterocycles. The molecule has 0 fully saturated rings. The summed E-state index contributed by atoms with van der Waals surface area (Å²) in [5.41, 5.74) is 0. The van der Waals surface area contributed by atoms with Crippen LogP contribution in [0.15, 0.2) is 42.7 Å². The average Bonchev–Trinajstić information content (AvgIpc) is 3.07. The van der Waals surface area contributed by atoms with E-state index in [1.807, 2.05) is 13.1 Å². The largest absolute Gasteiger partial charge is 0.439 e. The lowest BCUT2D eigenvalue weighted by Crippen LogP contribution is -2.09. The van der Waals surface area contributed by atoms with Gasteiger partial charge in [-0.25, -0.2) is 14.4 Å². The van der Waals surface area contributed by atoms with E-state index in [-0.39, 0.29) is 11.9 Å². The number of nitrogens with zero attached hydrogens (tertiary/aromatic N) is 3. The second kappa shape index (κ2) is 7.35. The number of nitrogens with one attached hydrogen (secondary N) is 1. The average molecular weight is 344 g/mol. The highest BCUT2D eigenvalue weighted by atomic mass is 32.1. The van der Waals surface area contributed by atoms with Gasteiger partial charge in [0.25, 0.3) is 0 Å². The quantitative estimate of drug-likeness (QED) is 0.708. The number of anilines is 1. The third-order valence-electron chi connectivity index (χ3n) is 3.30. The Morgan fingerprint density at radius 1 is 1.21 bits per heavy atom. The molecule has 0 radical (unpaired) electrons. The molecule has 0 bridgehead atoms. The summed E-state index contributed by atoms with van der Waals surface area (Å²) in [5.74, 6) is 1.05. The van der Waals surface area contributed by atoms with E-state index in [2.05, 4.69) is 27.2 Å². The smallest absolute Gasteiger partial charge is 0.226 e. The first kappa shape index (κ1) is 16.3. The van der Waals surface area contributed by atoms with Gasteiger partial charge in [-0.15, -0.1) is 11.3 Å². The molecule has 2 heterocycles. The van der Waals surface area contributed by atoms with E-state index in [0.29, 0.717) is 17.6 Å². The zero-order chi connectivity index (χ0) is 16.9. The van der Waals surface area contributed by atoms with Crippen LogP contribution in [-0.2, 0) is 6.42 Å². The van der Waals surface area contributed by atoms with Crippen LogP contribution in [0.4, 0.5) is 10.3 Å². The fraction of sp³-hybridized carbons (Fsp3) is 0.235. The molecule has 1 N–H and O–H groups in total. The van der Waals surface area contributed by atoms with Gasteiger partial charge in [0.15, 0.2) is 0 Å². The number of hydrogen-bond donors (Lipinski definition) is 1. The molecule has 3 rings (SSSR count). The van der Waals surface area contributed by atoms with Gasteiger partial charge in [-0.2, -0.15) is 4.98 Å². The number of thiazole rings is 1. The molecule has 0 spiro atoms. The van der Waals surface area contributed by atoms with E-state index in [1.54, 1.807) is 35.7 Å². The van der Waals surface area contributed by atoms with Gasteiger partial charge in [-0.1, -0.05) is 6.92 Å². The summed E-state index contributed by atoms with van der Waals surface area (Å²) in [6, 6.07) is 7.43. The number of aryl methyl sites for hydroxylation is 1. The normalized spacial score (nSPS) is 12.0. The molecule has 3 aromatic rings. The molecule has 5 nitrogen and oxygen atoms in total. The molecular weight excluding hydrogens is 327 g/mol. The van der Waals surface area contributed by atoms with Crippen molar-refractivity contribution < 1.29 is 9.13 Å². The number of rotatable bonds is 6. The van der Waals surface area contributed by atoms with Crippen LogP contribution < -0.4 is 10.1 Å². The fourth-order valence-electron chi connectivity index (χ4n) is 2.03. The van der Waals surface area contributed by atoms with Crippen LogP contribution in [0.25, 0.3) is 0 Å². The van der Waals surface area contributed by atoms with Crippen LogP contribution in [0.1, 0.15) is 29.8 Å². The number of aromatic nitrogens is 3. The van der Waals surface area contributed by atoms with Gasteiger partial charge in [-0.05, 0) is 37.6 Å². The predicted molar refractivity (Wildman–Crippen MR) is 92.0 cm³/mol. The van der Waals surface area contributed by atoms with Crippen LogP contribution in [-0.4, -0.2) is 15.0 Å². The Bertz CT molecular complexity index is 806. The van der Waals surface area contributed by atoms with Crippen molar-refractivity contribution >= 4 is 17.3 Å². The first-order valence-electron chi connectivity index (χ1n) is 7.61. The number of benzene rings is 1. The van der Waals surface area contributed by atoms with E-state index in [9.17, 15) is 4.39 Å². The monoisotopic (exact) mass is 344 g/mol. The van der Waals surface area contributed by atoms with Crippen LogP contribution in [0, 0.1) is 5.82 Å². The summed E-state index contributed by atoms with van der Waals surface area (Å²) in [6.45, 7) is 4.11. The summed E-state index contributed by atoms with van der Waals surface area (Å²) in [6.07, 6.45) is 4.48. The minimum Gasteiger partial charge on any atom is -0.439 e. The second-order valence-electron chi connectivity index (χ2n) is 5.16. The van der Waals surface area contributed by atoms with Gasteiger partial charge in [0, 0.05) is 23.3 Å². The van der Waals surface area contributed by atoms with Crippen molar-refractivity contribution in [3.05, 3.63) is 58.4 Å². The maximum Gasteiger partial charge on any atom is 0.226 e. The third-order valence-corrected chi connectivity index (χ3v) is 4.63. The van der Waals surface area contributed by atoms with Gasteiger partial charge >= 0.3 is 0 Å². The molecule has 2 aromatic heterocycles. The molecule has 0 saturated carbocycles. The minimum atomic E-state index is -0.309. The highest BCUT2D eigenvalue weighted by Crippen LogP contribution is 2.24. The van der Waals surface area contributed by atoms with Crippen molar-refractivity contribution in [2.45, 2.75) is 26.3 Å². The molecule has 1 atom stereocenters. The lowest BCUT2D eigenvalue weighted by molar-refractivity contribution is 0.460. The Hall–Kier alpha value is -2.54. The van der Waals surface area contributed by atoms with Crippen molar-refractivity contribution in [3.8, 4) is 11.6 Å². The summed E-state index contributed by atoms with van der Waals surface area (Å²) in [5, 5.41) is 4.20. The zero-order valence-electron chi connectivity index (χ0n) is 13.4. The summed E-state index contributed by atoms with van der Waals surface area (Å²) in [7, 11) is 0. The maximum atomic E-state index is 12.9. The van der Waals surface area contributed by atoms with Crippen molar-refractivity contribution in [1.82, 2.24) is 15.0 Å². The molecule has 0 aliphatic heterocycles. The molecule has 7 heteroatoms. The van der Waals surface area contributed by atoms with Crippen LogP contribution in [0.3, 0.4) is 0 Å². The summed E-state index contributed by atoms with van der Waals surface area (Å²) >= 11 is 1.67. The van der Waals surface area contributed by atoms with Gasteiger partial charge in [0.1, 0.15) is 16.6 Å². The van der Waals surface area contributed by atoms with E-state index in [4.69, 9.17) is 4.74 Å². The Kier molecular flexibility index (Phi) is 5.00. The van der Waals surface area contributed by atoms with Crippen LogP contribution in [0.5, 0.6) is 11.6 Å². The molecule has 0 aliphatic rings. The molecule has 124 valence electrons. The highest BCUT2D eigenvalue weighted by molar-refractivity contribution is 7.11. The van der Waals surface area contributed by atoms with E-state index < -0.39 is 0 Å². The lowest BCUT2D eigenvalue weighted by Gasteiger charge is -2.12. The van der Waals surface area contributed by atoms with Gasteiger partial charge in [0.05, 0.1) is 6.04 Å². The first-order valence-corrected chi connectivity index (χ1v) is 8.43. The molecule has 1 unspecified atom stereocenters. The van der Waals surface area contributed by atoms with E-state index >= 15 is 0 Å². The lowest BCUT2D eigenvalue weighted by atomic mass is 10.3. The Morgan fingerprint density at radius 2 is 2.00 bits per heavy atom. The fourth-order valence-corrected chi connectivity index (χ4v) is 2.89. The molecule has 1 aromatic carbocycles. The Morgan fingerprint density at radius 3 is 2.71 bits per heavy atom. The molecule has 0 amide bonds. The Balaban J connectivity index is 1.69. The van der Waals surface area contributed by atoms with Gasteiger partial charge < -0.3 is 10.1 Å². The standard InChI is InChI=1S/C17H17FN4OS/c1-3-14-10-20-16(24-14)11(2)21-17-19-9-8-15(22-17)23-13-6-4-12(18)5-7-13/h4-11H,3H2,1-2H3,(H,19,21,22). The topological polar surface area (TPSA) is 59.9 Å². The van der Waals surface area contributed by atoms with E-state index in [1.165, 1.54) is 17.0 Å². The number of halogens is 1. The maximum absolute atomic E-state index is 12.9. The Labute approximate surface area is 143 Å². The zero-order valence-corrected chi connectivity index (χ0v) is 14.2. The van der Waals surface area contributed by atoms with Crippen molar-refractivity contribution in [2.24, 2.45) is 0 Å². The highest BCUT2D eigenvalue weighted by Gasteiger charge is 2.12. The van der Waals surface area contributed by atoms with Crippen molar-refractivity contribution in [1.29, 1.82) is 0 Å². The summed E-state index contributed by atoms with van der Waals surface area (Å²) in [4.78, 5) is 14.2. The molecule has 24 heavy (non-hydrogen) atoms. The predicted octanol–water partition coefficient (Wildman–Crippen LogP) is 4.60. The minimum absolute atomic E-state index is 0.00336. The van der Waals surface area contributed by atoms with Crippen molar-refractivity contribution in [3.63, 3.8) is 0 Å². The third kappa shape index (κ3) is 4.05. The van der Waals surface area contributed by atoms with Gasteiger partial charge in [-0.3, -0.25) is 0 Å². The number of ether oxygens (including phenoxy) is 1. The first-order chi connectivity index (χ1) is 11.6. The summed E-state index contributed by atoms with van der Waals surface area (Å²) < 4.78 is 18.5. The molecule has 0 aliphatic carbocycles. The van der Waals surface area contributed by atoms with Crippen LogP contribution in [0.2, 0.25) is 0 Å². The van der Waals surface area contributed by atoms with E-state index in [0.717, 1.165) is 11.4 Å². The van der Waals surface area contributed by atoms with Crippen LogP contribution >= 0.6 is 11.3 Å². The van der Waals surface area contributed by atoms with Gasteiger partial charge in [0.2, 0.25) is 11.8 Å². The second-order valence-corrected chi connectivity index (χ2v) is 6.31. The molecular formula is C17H17FN4OS. The number of hydrogen-bond acceptors (Lipinski definition) is 6. The van der Waals surface area contributed by atoms with Crippen molar-refractivity contribution in [2.75, 3.05) is 5.32 Å².